The Kier molecular flexibility index (Phi) is 6.07. The zero-order valence-corrected chi connectivity index (χ0v) is 18.4. The number of carbonyl (C=O) groups excluding carboxylic acids is 1. The Morgan fingerprint density at radius 2 is 1.75 bits per heavy atom. The van der Waals surface area contributed by atoms with Gasteiger partial charge >= 0.3 is 5.69 Å². The molecule has 2 aromatic heterocycles. The summed E-state index contributed by atoms with van der Waals surface area (Å²) >= 11 is 5.90. The van der Waals surface area contributed by atoms with Crippen LogP contribution in [0.3, 0.4) is 0 Å². The number of methoxy groups -OCH3 is 1. The van der Waals surface area contributed by atoms with Gasteiger partial charge in [0.25, 0.3) is 5.56 Å². The normalized spacial score (nSPS) is 11.2. The van der Waals surface area contributed by atoms with Crippen LogP contribution in [0, 0.1) is 6.92 Å². The van der Waals surface area contributed by atoms with Crippen LogP contribution >= 0.6 is 11.6 Å². The minimum absolute atomic E-state index is 0.0757. The standard InChI is InChI=1S/C23H21ClN4O4/c1-15-3-9-18(10-4-15)28-21-20(22(30)27(23(28)31)11-12-32-2)26(14-25-21)13-19(29)16-5-7-17(24)8-6-16/h3-10,14H,11-13H2,1-2H3. The van der Waals surface area contributed by atoms with E-state index in [0.717, 1.165) is 10.1 Å². The van der Waals surface area contributed by atoms with Gasteiger partial charge in [-0.15, -0.1) is 0 Å². The Bertz CT molecular complexity index is 1400. The fourth-order valence-electron chi connectivity index (χ4n) is 3.49. The molecule has 8 nitrogen and oxygen atoms in total. The zero-order chi connectivity index (χ0) is 22.8. The first-order valence-electron chi connectivity index (χ1n) is 9.96. The first-order valence-corrected chi connectivity index (χ1v) is 10.3. The molecule has 0 aliphatic carbocycles. The van der Waals surface area contributed by atoms with Gasteiger partial charge in [-0.2, -0.15) is 0 Å². The molecule has 0 unspecified atom stereocenters. The van der Waals surface area contributed by atoms with Crippen LogP contribution < -0.4 is 11.2 Å². The highest BCUT2D eigenvalue weighted by atomic mass is 35.5. The number of ketones is 1. The Balaban J connectivity index is 1.89. The van der Waals surface area contributed by atoms with Gasteiger partial charge in [-0.1, -0.05) is 29.3 Å². The second kappa shape index (κ2) is 8.94. The van der Waals surface area contributed by atoms with Gasteiger partial charge < -0.3 is 9.30 Å². The maximum absolute atomic E-state index is 13.2. The number of fused-ring (bicyclic) bond motifs is 1. The van der Waals surface area contributed by atoms with Crippen LogP contribution in [0.2, 0.25) is 5.02 Å². The molecule has 2 aromatic carbocycles. The van der Waals surface area contributed by atoms with Crippen LogP contribution in [-0.2, 0) is 17.8 Å². The lowest BCUT2D eigenvalue weighted by molar-refractivity contribution is 0.0973. The minimum Gasteiger partial charge on any atom is -0.383 e. The molecule has 0 fully saturated rings. The van der Waals surface area contributed by atoms with Crippen molar-refractivity contribution >= 4 is 28.5 Å². The highest BCUT2D eigenvalue weighted by molar-refractivity contribution is 6.30. The summed E-state index contributed by atoms with van der Waals surface area (Å²) in [7, 11) is 1.50. The minimum atomic E-state index is -0.521. The summed E-state index contributed by atoms with van der Waals surface area (Å²) in [5.41, 5.74) is 1.40. The van der Waals surface area contributed by atoms with Crippen molar-refractivity contribution in [1.29, 1.82) is 0 Å². The quantitative estimate of drug-likeness (QED) is 0.402. The monoisotopic (exact) mass is 452 g/mol. The number of Topliss-reactive ketones (excluding diaryl/α,β-unsaturated/α-hetero) is 1. The van der Waals surface area contributed by atoms with E-state index >= 15 is 0 Å². The Morgan fingerprint density at radius 3 is 2.41 bits per heavy atom. The van der Waals surface area contributed by atoms with Crippen molar-refractivity contribution in [2.24, 2.45) is 0 Å². The van der Waals surface area contributed by atoms with Crippen molar-refractivity contribution in [2.75, 3.05) is 13.7 Å². The fourth-order valence-corrected chi connectivity index (χ4v) is 3.61. The summed E-state index contributed by atoms with van der Waals surface area (Å²) in [4.78, 5) is 43.6. The van der Waals surface area contributed by atoms with Gasteiger partial charge in [0.15, 0.2) is 16.9 Å². The highest BCUT2D eigenvalue weighted by Crippen LogP contribution is 2.16. The average molecular weight is 453 g/mol. The summed E-state index contributed by atoms with van der Waals surface area (Å²) in [6, 6.07) is 13.9. The number of imidazole rings is 1. The number of hydrogen-bond donors (Lipinski definition) is 0. The molecule has 0 aliphatic heterocycles. The molecule has 0 radical (unpaired) electrons. The third-order valence-electron chi connectivity index (χ3n) is 5.19. The Labute approximate surface area is 188 Å². The number of rotatable bonds is 7. The third-order valence-corrected chi connectivity index (χ3v) is 5.44. The van der Waals surface area contributed by atoms with Crippen molar-refractivity contribution < 1.29 is 9.53 Å². The third kappa shape index (κ3) is 4.02. The fraction of sp³-hybridized carbons (Fsp3) is 0.217. The van der Waals surface area contributed by atoms with Gasteiger partial charge in [0, 0.05) is 17.7 Å². The number of aryl methyl sites for hydroxylation is 1. The van der Waals surface area contributed by atoms with Crippen LogP contribution in [0.25, 0.3) is 16.9 Å². The molecular weight excluding hydrogens is 432 g/mol. The molecule has 0 amide bonds. The molecular formula is C23H21ClN4O4. The van der Waals surface area contributed by atoms with E-state index in [-0.39, 0.29) is 36.6 Å². The summed E-state index contributed by atoms with van der Waals surface area (Å²) in [6.45, 7) is 2.10. The SMILES string of the molecule is COCCn1c(=O)c2c(ncn2CC(=O)c2ccc(Cl)cc2)n(-c2ccc(C)cc2)c1=O. The van der Waals surface area contributed by atoms with Crippen LogP contribution in [0.5, 0.6) is 0 Å². The molecule has 0 aliphatic rings. The number of aromatic nitrogens is 4. The predicted octanol–water partition coefficient (Wildman–Crippen LogP) is 2.84. The van der Waals surface area contributed by atoms with Crippen molar-refractivity contribution in [2.45, 2.75) is 20.0 Å². The van der Waals surface area contributed by atoms with Gasteiger partial charge in [0.2, 0.25) is 0 Å². The van der Waals surface area contributed by atoms with E-state index in [2.05, 4.69) is 4.98 Å². The largest absolute Gasteiger partial charge is 0.383 e. The van der Waals surface area contributed by atoms with E-state index in [9.17, 15) is 14.4 Å². The van der Waals surface area contributed by atoms with E-state index in [1.54, 1.807) is 36.4 Å². The summed E-state index contributed by atoms with van der Waals surface area (Å²) in [5, 5.41) is 0.526. The summed E-state index contributed by atoms with van der Waals surface area (Å²) in [6.07, 6.45) is 1.41. The molecule has 0 atom stereocenters. The van der Waals surface area contributed by atoms with Crippen LogP contribution in [-0.4, -0.2) is 38.2 Å². The number of halogens is 1. The smallest absolute Gasteiger partial charge is 0.337 e. The van der Waals surface area contributed by atoms with Crippen molar-refractivity contribution in [3.8, 4) is 5.69 Å². The van der Waals surface area contributed by atoms with Crippen molar-refractivity contribution in [1.82, 2.24) is 18.7 Å². The van der Waals surface area contributed by atoms with Gasteiger partial charge in [0.1, 0.15) is 0 Å². The van der Waals surface area contributed by atoms with Gasteiger partial charge in [-0.05, 0) is 43.3 Å². The Hall–Kier alpha value is -3.49. The lowest BCUT2D eigenvalue weighted by Gasteiger charge is -2.12. The first kappa shape index (κ1) is 21.7. The summed E-state index contributed by atoms with van der Waals surface area (Å²) in [5.74, 6) is -0.211. The van der Waals surface area contributed by atoms with Crippen molar-refractivity contribution in [3.63, 3.8) is 0 Å². The zero-order valence-electron chi connectivity index (χ0n) is 17.6. The number of ether oxygens (including phenoxy) is 1. The average Bonchev–Trinajstić information content (AvgIpc) is 3.18. The number of hydrogen-bond acceptors (Lipinski definition) is 5. The van der Waals surface area contributed by atoms with Crippen LogP contribution in [0.4, 0.5) is 0 Å². The van der Waals surface area contributed by atoms with E-state index < -0.39 is 11.2 Å². The van der Waals surface area contributed by atoms with Crippen LogP contribution in [0.1, 0.15) is 15.9 Å². The topological polar surface area (TPSA) is 88.1 Å². The molecule has 4 rings (SSSR count). The molecule has 4 aromatic rings. The number of nitrogens with zero attached hydrogens (tertiary/aromatic N) is 4. The second-order valence-corrected chi connectivity index (χ2v) is 7.81. The van der Waals surface area contributed by atoms with Gasteiger partial charge in [0.05, 0.1) is 31.7 Å². The van der Waals surface area contributed by atoms with E-state index in [4.69, 9.17) is 16.3 Å². The molecule has 164 valence electrons. The van der Waals surface area contributed by atoms with E-state index in [1.807, 2.05) is 19.1 Å². The lowest BCUT2D eigenvalue weighted by atomic mass is 10.1. The molecule has 0 N–H and O–H groups in total. The van der Waals surface area contributed by atoms with Gasteiger partial charge in [-0.25, -0.2) is 14.3 Å². The molecule has 0 saturated heterocycles. The van der Waals surface area contributed by atoms with Crippen LogP contribution in [0.15, 0.2) is 64.4 Å². The molecule has 9 heteroatoms. The first-order chi connectivity index (χ1) is 15.4. The molecule has 0 saturated carbocycles. The number of carbonyl (C=O) groups is 1. The maximum Gasteiger partial charge on any atom is 0.337 e. The lowest BCUT2D eigenvalue weighted by Crippen LogP contribution is -2.41. The molecule has 0 spiro atoms. The maximum atomic E-state index is 13.2. The highest BCUT2D eigenvalue weighted by Gasteiger charge is 2.20. The second-order valence-electron chi connectivity index (χ2n) is 7.38. The van der Waals surface area contributed by atoms with Gasteiger partial charge in [-0.3, -0.25) is 14.2 Å². The molecule has 2 heterocycles. The molecule has 32 heavy (non-hydrogen) atoms. The number of benzene rings is 2. The van der Waals surface area contributed by atoms with Crippen molar-refractivity contribution in [3.05, 3.63) is 91.8 Å². The predicted molar refractivity (Wildman–Crippen MR) is 122 cm³/mol. The van der Waals surface area contributed by atoms with E-state index in [0.29, 0.717) is 16.3 Å². The molecule has 0 bridgehead atoms. The Morgan fingerprint density at radius 1 is 1.06 bits per heavy atom. The van der Waals surface area contributed by atoms with E-state index in [1.165, 1.54) is 22.6 Å². The summed E-state index contributed by atoms with van der Waals surface area (Å²) < 4.78 is 9.04.